The SMILES string of the molecule is CC(C)(N)C(=O)NC(COCc1ccccc1)C(=O)N1CCC2(CC1)CC(O)c1ccccc12.Cl. The van der Waals surface area contributed by atoms with E-state index in [-0.39, 0.29) is 30.3 Å². The molecule has 2 aromatic rings. The van der Waals surface area contributed by atoms with Gasteiger partial charge >= 0.3 is 0 Å². The van der Waals surface area contributed by atoms with Crippen molar-refractivity contribution in [2.45, 2.75) is 62.8 Å². The lowest BCUT2D eigenvalue weighted by atomic mass is 9.73. The Balaban J connectivity index is 0.00000342. The number of nitrogens with one attached hydrogen (secondary N) is 1. The smallest absolute Gasteiger partial charge is 0.247 e. The predicted molar refractivity (Wildman–Crippen MR) is 137 cm³/mol. The summed E-state index contributed by atoms with van der Waals surface area (Å²) in [7, 11) is 0. The first kappa shape index (κ1) is 27.1. The van der Waals surface area contributed by atoms with Gasteiger partial charge in [-0.15, -0.1) is 12.4 Å². The minimum absolute atomic E-state index is 0. The van der Waals surface area contributed by atoms with Crippen LogP contribution in [0.1, 0.15) is 55.9 Å². The third-order valence-corrected chi connectivity index (χ3v) is 7.09. The summed E-state index contributed by atoms with van der Waals surface area (Å²) in [6.45, 7) is 4.78. The van der Waals surface area contributed by atoms with Crippen molar-refractivity contribution in [2.24, 2.45) is 5.73 Å². The average molecular weight is 502 g/mol. The lowest BCUT2D eigenvalue weighted by Crippen LogP contribution is -2.59. The molecular weight excluding hydrogens is 466 g/mol. The molecule has 2 aromatic carbocycles. The molecule has 0 radical (unpaired) electrons. The van der Waals surface area contributed by atoms with E-state index in [0.29, 0.717) is 26.1 Å². The van der Waals surface area contributed by atoms with Crippen LogP contribution >= 0.6 is 12.4 Å². The van der Waals surface area contributed by atoms with Crippen LogP contribution in [0.15, 0.2) is 54.6 Å². The summed E-state index contributed by atoms with van der Waals surface area (Å²) >= 11 is 0. The van der Waals surface area contributed by atoms with Crippen molar-refractivity contribution in [1.82, 2.24) is 10.2 Å². The molecule has 2 amide bonds. The Morgan fingerprint density at radius 1 is 1.14 bits per heavy atom. The van der Waals surface area contributed by atoms with E-state index in [1.807, 2.05) is 48.5 Å². The van der Waals surface area contributed by atoms with Gasteiger partial charge in [0.25, 0.3) is 0 Å². The Bertz CT molecular complexity index is 1020. The summed E-state index contributed by atoms with van der Waals surface area (Å²) in [6.07, 6.45) is 1.79. The Hall–Kier alpha value is -2.45. The molecule has 1 aliphatic heterocycles. The molecule has 2 atom stereocenters. The molecule has 0 aromatic heterocycles. The van der Waals surface area contributed by atoms with Crippen molar-refractivity contribution in [1.29, 1.82) is 0 Å². The second-order valence-corrected chi connectivity index (χ2v) is 10.2. The fraction of sp³-hybridized carbons (Fsp3) is 0.481. The van der Waals surface area contributed by atoms with Gasteiger partial charge in [0.05, 0.1) is 24.9 Å². The summed E-state index contributed by atoms with van der Waals surface area (Å²) in [6, 6.07) is 17.0. The first-order valence-electron chi connectivity index (χ1n) is 12.0. The zero-order valence-electron chi connectivity index (χ0n) is 20.4. The number of halogens is 1. The van der Waals surface area contributed by atoms with E-state index in [4.69, 9.17) is 10.5 Å². The Kier molecular flexibility index (Phi) is 8.59. The van der Waals surface area contributed by atoms with Crippen molar-refractivity contribution in [3.05, 3.63) is 71.3 Å². The van der Waals surface area contributed by atoms with E-state index in [1.54, 1.807) is 18.7 Å². The maximum absolute atomic E-state index is 13.5. The zero-order chi connectivity index (χ0) is 24.3. The maximum Gasteiger partial charge on any atom is 0.247 e. The lowest BCUT2D eigenvalue weighted by molar-refractivity contribution is -0.140. The van der Waals surface area contributed by atoms with Gasteiger partial charge in [0, 0.05) is 18.5 Å². The molecule has 4 rings (SSSR count). The summed E-state index contributed by atoms with van der Waals surface area (Å²) in [5.74, 6) is -0.553. The molecular formula is C27H36ClN3O4. The van der Waals surface area contributed by atoms with Crippen molar-refractivity contribution in [3.8, 4) is 0 Å². The molecule has 0 saturated carbocycles. The number of piperidine rings is 1. The van der Waals surface area contributed by atoms with Gasteiger partial charge in [-0.25, -0.2) is 0 Å². The number of ether oxygens (including phenoxy) is 1. The topological polar surface area (TPSA) is 105 Å². The van der Waals surface area contributed by atoms with Gasteiger partial charge in [-0.1, -0.05) is 54.6 Å². The lowest BCUT2D eigenvalue weighted by Gasteiger charge is -2.41. The van der Waals surface area contributed by atoms with Crippen LogP contribution in [0.25, 0.3) is 0 Å². The standard InChI is InChI=1S/C27H35N3O4.ClH/c1-26(2,28)25(33)29-22(18-34-17-19-8-4-3-5-9-19)24(32)30-14-12-27(13-15-30)16-23(31)20-10-6-7-11-21(20)27;/h3-11,22-23,31H,12-18,28H2,1-2H3,(H,29,33);1H. The average Bonchev–Trinajstić information content (AvgIpc) is 3.10. The number of benzene rings is 2. The van der Waals surface area contributed by atoms with Gasteiger partial charge in [0.2, 0.25) is 11.8 Å². The number of hydrogen-bond acceptors (Lipinski definition) is 5. The highest BCUT2D eigenvalue weighted by atomic mass is 35.5. The minimum Gasteiger partial charge on any atom is -0.388 e. The van der Waals surface area contributed by atoms with Crippen molar-refractivity contribution < 1.29 is 19.4 Å². The van der Waals surface area contributed by atoms with E-state index < -0.39 is 23.6 Å². The molecule has 2 unspecified atom stereocenters. The van der Waals surface area contributed by atoms with Gasteiger partial charge in [0.1, 0.15) is 6.04 Å². The zero-order valence-corrected chi connectivity index (χ0v) is 21.2. The normalized spacial score (nSPS) is 19.5. The van der Waals surface area contributed by atoms with Gasteiger partial charge in [-0.05, 0) is 49.8 Å². The highest BCUT2D eigenvalue weighted by molar-refractivity contribution is 5.91. The van der Waals surface area contributed by atoms with Crippen molar-refractivity contribution in [2.75, 3.05) is 19.7 Å². The molecule has 4 N–H and O–H groups in total. The van der Waals surface area contributed by atoms with Crippen molar-refractivity contribution in [3.63, 3.8) is 0 Å². The molecule has 190 valence electrons. The van der Waals surface area contributed by atoms with E-state index in [0.717, 1.165) is 24.0 Å². The largest absolute Gasteiger partial charge is 0.388 e. The highest BCUT2D eigenvalue weighted by Gasteiger charge is 2.46. The van der Waals surface area contributed by atoms with Gasteiger partial charge in [-0.3, -0.25) is 9.59 Å². The Morgan fingerprint density at radius 3 is 2.43 bits per heavy atom. The molecule has 0 bridgehead atoms. The fourth-order valence-corrected chi connectivity index (χ4v) is 5.10. The number of aliphatic hydroxyl groups excluding tert-OH is 1. The summed E-state index contributed by atoms with van der Waals surface area (Å²) in [5, 5.41) is 13.4. The first-order valence-corrected chi connectivity index (χ1v) is 12.0. The van der Waals surface area contributed by atoms with Crippen LogP contribution in [0.3, 0.4) is 0 Å². The molecule has 2 aliphatic rings. The van der Waals surface area contributed by atoms with Gasteiger partial charge in [0.15, 0.2) is 0 Å². The molecule has 7 nitrogen and oxygen atoms in total. The number of hydrogen-bond donors (Lipinski definition) is 3. The summed E-state index contributed by atoms with van der Waals surface area (Å²) < 4.78 is 5.83. The minimum atomic E-state index is -1.10. The van der Waals surface area contributed by atoms with Crippen LogP contribution in [0, 0.1) is 0 Å². The van der Waals surface area contributed by atoms with Crippen LogP contribution in [0.5, 0.6) is 0 Å². The van der Waals surface area contributed by atoms with E-state index in [9.17, 15) is 14.7 Å². The number of nitrogens with two attached hydrogens (primary N) is 1. The number of nitrogens with zero attached hydrogens (tertiary/aromatic N) is 1. The molecule has 1 aliphatic carbocycles. The number of carbonyl (C=O) groups excluding carboxylic acids is 2. The Labute approximate surface area is 213 Å². The summed E-state index contributed by atoms with van der Waals surface area (Å²) in [4.78, 5) is 27.8. The van der Waals surface area contributed by atoms with Crippen LogP contribution in [-0.4, -0.2) is 53.1 Å². The number of rotatable bonds is 7. The molecule has 1 saturated heterocycles. The molecule has 1 heterocycles. The molecule has 1 spiro atoms. The number of amides is 2. The molecule has 1 fully saturated rings. The van der Waals surface area contributed by atoms with E-state index >= 15 is 0 Å². The van der Waals surface area contributed by atoms with E-state index in [1.165, 1.54) is 5.56 Å². The monoisotopic (exact) mass is 501 g/mol. The van der Waals surface area contributed by atoms with E-state index in [2.05, 4.69) is 11.4 Å². The third-order valence-electron chi connectivity index (χ3n) is 7.09. The fourth-order valence-electron chi connectivity index (χ4n) is 5.10. The Morgan fingerprint density at radius 2 is 1.77 bits per heavy atom. The first-order chi connectivity index (χ1) is 16.2. The number of aliphatic hydroxyl groups is 1. The highest BCUT2D eigenvalue weighted by Crippen LogP contribution is 2.50. The van der Waals surface area contributed by atoms with Crippen LogP contribution in [0.4, 0.5) is 0 Å². The number of likely N-dealkylation sites (tertiary alicyclic amines) is 1. The second-order valence-electron chi connectivity index (χ2n) is 10.2. The van der Waals surface area contributed by atoms with Gasteiger partial charge in [-0.2, -0.15) is 0 Å². The van der Waals surface area contributed by atoms with Crippen LogP contribution < -0.4 is 11.1 Å². The molecule has 8 heteroatoms. The predicted octanol–water partition coefficient (Wildman–Crippen LogP) is 2.84. The van der Waals surface area contributed by atoms with Crippen molar-refractivity contribution >= 4 is 24.2 Å². The second kappa shape index (κ2) is 11.1. The number of fused-ring (bicyclic) bond motifs is 2. The van der Waals surface area contributed by atoms with Crippen LogP contribution in [-0.2, 0) is 26.3 Å². The number of carbonyl (C=O) groups is 2. The molecule has 35 heavy (non-hydrogen) atoms. The van der Waals surface area contributed by atoms with Gasteiger partial charge < -0.3 is 25.8 Å². The third kappa shape index (κ3) is 6.04. The summed E-state index contributed by atoms with van der Waals surface area (Å²) in [5.41, 5.74) is 7.96. The van der Waals surface area contributed by atoms with Crippen LogP contribution in [0.2, 0.25) is 0 Å². The maximum atomic E-state index is 13.5. The quantitative estimate of drug-likeness (QED) is 0.541.